The molecule has 24 heavy (non-hydrogen) atoms. The molecule has 0 spiro atoms. The maximum atomic E-state index is 11.6. The van der Waals surface area contributed by atoms with Crippen molar-refractivity contribution in [3.8, 4) is 11.5 Å². The lowest BCUT2D eigenvalue weighted by Crippen LogP contribution is -2.41. The summed E-state index contributed by atoms with van der Waals surface area (Å²) in [6, 6.07) is 4.47. The molecule has 0 heterocycles. The van der Waals surface area contributed by atoms with Crippen molar-refractivity contribution in [2.24, 2.45) is 0 Å². The number of carbonyl (C=O) groups is 3. The van der Waals surface area contributed by atoms with Crippen LogP contribution in [0, 0.1) is 0 Å². The third kappa shape index (κ3) is 6.39. The third-order valence-electron chi connectivity index (χ3n) is 2.76. The molecule has 0 unspecified atom stereocenters. The number of urea groups is 1. The van der Waals surface area contributed by atoms with Crippen LogP contribution in [0.2, 0.25) is 0 Å². The molecule has 0 saturated heterocycles. The van der Waals surface area contributed by atoms with Gasteiger partial charge in [0.15, 0.2) is 18.1 Å². The quantitative estimate of drug-likeness (QED) is 0.571. The summed E-state index contributed by atoms with van der Waals surface area (Å²) in [5.41, 5.74) is 0.691. The van der Waals surface area contributed by atoms with E-state index in [2.05, 4.69) is 5.32 Å². The maximum Gasteiger partial charge on any atom is 0.331 e. The lowest BCUT2D eigenvalue weighted by atomic mass is 10.2. The van der Waals surface area contributed by atoms with Crippen molar-refractivity contribution < 1.29 is 28.6 Å². The average Bonchev–Trinajstić information content (AvgIpc) is 2.57. The Balaban J connectivity index is 2.51. The molecule has 2 N–H and O–H groups in total. The number of ether oxygens (including phenoxy) is 3. The zero-order chi connectivity index (χ0) is 17.9. The van der Waals surface area contributed by atoms with Crippen molar-refractivity contribution in [2.45, 2.75) is 6.92 Å². The van der Waals surface area contributed by atoms with Gasteiger partial charge in [0, 0.05) is 12.6 Å². The van der Waals surface area contributed by atoms with Crippen LogP contribution in [-0.2, 0) is 14.3 Å². The third-order valence-corrected chi connectivity index (χ3v) is 2.76. The summed E-state index contributed by atoms with van der Waals surface area (Å²) < 4.78 is 15.0. The van der Waals surface area contributed by atoms with Crippen LogP contribution in [0.15, 0.2) is 24.3 Å². The van der Waals surface area contributed by atoms with E-state index in [0.717, 1.165) is 0 Å². The van der Waals surface area contributed by atoms with Crippen LogP contribution in [0.1, 0.15) is 12.5 Å². The molecular formula is C16H20N2O6. The first kappa shape index (κ1) is 19.0. The zero-order valence-corrected chi connectivity index (χ0v) is 13.8. The molecule has 0 aliphatic carbocycles. The topological polar surface area (TPSA) is 103 Å². The van der Waals surface area contributed by atoms with Gasteiger partial charge in [-0.05, 0) is 30.7 Å². The molecule has 130 valence electrons. The van der Waals surface area contributed by atoms with Crippen LogP contribution >= 0.6 is 0 Å². The molecule has 1 aromatic carbocycles. The molecule has 8 heteroatoms. The van der Waals surface area contributed by atoms with Crippen molar-refractivity contribution >= 4 is 24.0 Å². The Morgan fingerprint density at radius 2 is 1.83 bits per heavy atom. The predicted molar refractivity (Wildman–Crippen MR) is 86.8 cm³/mol. The Morgan fingerprint density at radius 1 is 1.12 bits per heavy atom. The van der Waals surface area contributed by atoms with Gasteiger partial charge in [-0.3, -0.25) is 10.1 Å². The molecule has 0 aliphatic rings. The second kappa shape index (κ2) is 9.88. The summed E-state index contributed by atoms with van der Waals surface area (Å²) in [7, 11) is 3.03. The van der Waals surface area contributed by atoms with Gasteiger partial charge in [0.1, 0.15) is 0 Å². The summed E-state index contributed by atoms with van der Waals surface area (Å²) in [4.78, 5) is 34.0. The summed E-state index contributed by atoms with van der Waals surface area (Å²) >= 11 is 0. The largest absolute Gasteiger partial charge is 0.493 e. The number of hydrogen-bond donors (Lipinski definition) is 2. The van der Waals surface area contributed by atoms with Crippen LogP contribution in [0.3, 0.4) is 0 Å². The summed E-state index contributed by atoms with van der Waals surface area (Å²) in [5.74, 6) is -0.335. The van der Waals surface area contributed by atoms with E-state index >= 15 is 0 Å². The molecule has 3 amide bonds. The lowest BCUT2D eigenvalue weighted by molar-refractivity contribution is -0.143. The molecule has 0 saturated carbocycles. The van der Waals surface area contributed by atoms with E-state index in [4.69, 9.17) is 14.2 Å². The first-order valence-electron chi connectivity index (χ1n) is 7.14. The van der Waals surface area contributed by atoms with E-state index in [0.29, 0.717) is 23.6 Å². The fourth-order valence-corrected chi connectivity index (χ4v) is 1.67. The van der Waals surface area contributed by atoms with Gasteiger partial charge in [0.25, 0.3) is 5.91 Å². The van der Waals surface area contributed by atoms with Crippen molar-refractivity contribution in [3.63, 3.8) is 0 Å². The van der Waals surface area contributed by atoms with E-state index < -0.39 is 24.5 Å². The standard InChI is InChI=1S/C16H20N2O6/c1-4-17-16(21)18-14(19)10-24-15(20)8-6-11-5-7-12(22-2)13(9-11)23-3/h5-9H,4,10H2,1-3H3,(H2,17,18,19,21)/b8-6+. The molecule has 8 nitrogen and oxygen atoms in total. The molecule has 0 aromatic heterocycles. The number of hydrogen-bond acceptors (Lipinski definition) is 6. The highest BCUT2D eigenvalue weighted by atomic mass is 16.5. The zero-order valence-electron chi connectivity index (χ0n) is 13.8. The molecule has 1 aromatic rings. The predicted octanol–water partition coefficient (Wildman–Crippen LogP) is 1.11. The van der Waals surface area contributed by atoms with Gasteiger partial charge >= 0.3 is 12.0 Å². The van der Waals surface area contributed by atoms with Crippen LogP contribution in [0.25, 0.3) is 6.08 Å². The minimum atomic E-state index is -0.714. The fourth-order valence-electron chi connectivity index (χ4n) is 1.67. The minimum Gasteiger partial charge on any atom is -0.493 e. The molecular weight excluding hydrogens is 316 g/mol. The second-order valence-corrected chi connectivity index (χ2v) is 4.46. The highest BCUT2D eigenvalue weighted by molar-refractivity contribution is 5.96. The summed E-state index contributed by atoms with van der Waals surface area (Å²) in [6.07, 6.45) is 2.67. The summed E-state index contributed by atoms with van der Waals surface area (Å²) in [6.45, 7) is 1.54. The maximum absolute atomic E-state index is 11.6. The molecule has 0 bridgehead atoms. The van der Waals surface area contributed by atoms with E-state index in [1.54, 1.807) is 25.1 Å². The van der Waals surface area contributed by atoms with Crippen LogP contribution in [-0.4, -0.2) is 45.3 Å². The van der Waals surface area contributed by atoms with Gasteiger partial charge in [-0.2, -0.15) is 0 Å². The smallest absolute Gasteiger partial charge is 0.331 e. The van der Waals surface area contributed by atoms with Crippen molar-refractivity contribution in [1.29, 1.82) is 0 Å². The number of esters is 1. The molecule has 0 radical (unpaired) electrons. The molecule has 1 rings (SSSR count). The van der Waals surface area contributed by atoms with Crippen LogP contribution in [0.5, 0.6) is 11.5 Å². The average molecular weight is 336 g/mol. The Labute approximate surface area is 139 Å². The molecule has 0 aliphatic heterocycles. The number of benzene rings is 1. The molecule has 0 atom stereocenters. The number of rotatable bonds is 7. The highest BCUT2D eigenvalue weighted by Crippen LogP contribution is 2.27. The number of carbonyl (C=O) groups excluding carboxylic acids is 3. The van der Waals surface area contributed by atoms with Crippen LogP contribution in [0.4, 0.5) is 4.79 Å². The fraction of sp³-hybridized carbons (Fsp3) is 0.312. The van der Waals surface area contributed by atoms with E-state index in [9.17, 15) is 14.4 Å². The summed E-state index contributed by atoms with van der Waals surface area (Å²) in [5, 5.41) is 4.40. The van der Waals surface area contributed by atoms with E-state index in [-0.39, 0.29) is 0 Å². The second-order valence-electron chi connectivity index (χ2n) is 4.46. The normalized spacial score (nSPS) is 10.1. The first-order chi connectivity index (χ1) is 11.5. The Bertz CT molecular complexity index is 627. The highest BCUT2D eigenvalue weighted by Gasteiger charge is 2.09. The van der Waals surface area contributed by atoms with Gasteiger partial charge in [-0.15, -0.1) is 0 Å². The van der Waals surface area contributed by atoms with E-state index in [1.807, 2.05) is 5.32 Å². The molecule has 0 fully saturated rings. The monoisotopic (exact) mass is 336 g/mol. The number of methoxy groups -OCH3 is 2. The van der Waals surface area contributed by atoms with E-state index in [1.165, 1.54) is 26.4 Å². The van der Waals surface area contributed by atoms with Crippen molar-refractivity contribution in [2.75, 3.05) is 27.4 Å². The SMILES string of the molecule is CCNC(=O)NC(=O)COC(=O)/C=C/c1ccc(OC)c(OC)c1. The Kier molecular flexibility index (Phi) is 7.83. The lowest BCUT2D eigenvalue weighted by Gasteiger charge is -2.07. The Hall–Kier alpha value is -3.03. The Morgan fingerprint density at radius 3 is 2.46 bits per heavy atom. The van der Waals surface area contributed by atoms with Crippen molar-refractivity contribution in [3.05, 3.63) is 29.8 Å². The first-order valence-corrected chi connectivity index (χ1v) is 7.14. The number of imide groups is 1. The van der Waals surface area contributed by atoms with Crippen molar-refractivity contribution in [1.82, 2.24) is 10.6 Å². The van der Waals surface area contributed by atoms with Gasteiger partial charge in [0.05, 0.1) is 14.2 Å². The van der Waals surface area contributed by atoms with Gasteiger partial charge in [0.2, 0.25) is 0 Å². The number of amides is 3. The van der Waals surface area contributed by atoms with Gasteiger partial charge in [-0.1, -0.05) is 6.07 Å². The van der Waals surface area contributed by atoms with Crippen LogP contribution < -0.4 is 20.1 Å². The van der Waals surface area contributed by atoms with Gasteiger partial charge < -0.3 is 19.5 Å². The number of nitrogens with one attached hydrogen (secondary N) is 2. The van der Waals surface area contributed by atoms with Gasteiger partial charge in [-0.25, -0.2) is 9.59 Å². The minimum absolute atomic E-state index is 0.382.